The van der Waals surface area contributed by atoms with Gasteiger partial charge in [0.05, 0.1) is 5.92 Å². The lowest BCUT2D eigenvalue weighted by Crippen LogP contribution is -2.16. The Hall–Kier alpha value is -1.08. The van der Waals surface area contributed by atoms with Crippen molar-refractivity contribution in [1.29, 1.82) is 0 Å². The first kappa shape index (κ1) is 18.7. The molecule has 0 unspecified atom stereocenters. The summed E-state index contributed by atoms with van der Waals surface area (Å²) in [6.07, 6.45) is 1.73. The van der Waals surface area contributed by atoms with E-state index < -0.39 is 0 Å². The van der Waals surface area contributed by atoms with Gasteiger partial charge in [-0.3, -0.25) is 4.79 Å². The van der Waals surface area contributed by atoms with Crippen molar-refractivity contribution in [2.45, 2.75) is 23.9 Å². The Bertz CT molecular complexity index is 788. The molecule has 0 radical (unpaired) electrons. The van der Waals surface area contributed by atoms with E-state index in [1.807, 2.05) is 32.0 Å². The van der Waals surface area contributed by atoms with Crippen LogP contribution in [-0.4, -0.2) is 16.1 Å². The van der Waals surface area contributed by atoms with Crippen molar-refractivity contribution in [2.75, 3.05) is 5.32 Å². The lowest BCUT2D eigenvalue weighted by molar-refractivity contribution is -0.118. The van der Waals surface area contributed by atoms with Crippen LogP contribution < -0.4 is 5.32 Å². The van der Waals surface area contributed by atoms with Gasteiger partial charge in [-0.1, -0.05) is 90.5 Å². The summed E-state index contributed by atoms with van der Waals surface area (Å²) in [6.45, 7) is 4.05. The summed E-state index contributed by atoms with van der Waals surface area (Å²) in [7, 11) is 0. The molecule has 132 valence electrons. The highest BCUT2D eigenvalue weighted by atomic mass is 35.5. The number of carbonyl (C=O) groups excluding carboxylic acids is 1. The molecule has 1 fully saturated rings. The first-order valence-electron chi connectivity index (χ1n) is 7.72. The third-order valence-electron chi connectivity index (χ3n) is 4.34. The molecule has 1 aromatic carbocycles. The summed E-state index contributed by atoms with van der Waals surface area (Å²) in [6, 6.07) is 10.2. The minimum absolute atomic E-state index is 0.0392. The van der Waals surface area contributed by atoms with Crippen LogP contribution in [0, 0.1) is 17.3 Å². The predicted octanol–water partition coefficient (Wildman–Crippen LogP) is 5.36. The molecule has 0 spiro atoms. The van der Waals surface area contributed by atoms with Gasteiger partial charge in [0.25, 0.3) is 0 Å². The number of allylic oxidation sites excluding steroid dienone is 1. The Morgan fingerprint density at radius 2 is 2.04 bits per heavy atom. The molecule has 0 bridgehead atoms. The van der Waals surface area contributed by atoms with E-state index in [9.17, 15) is 4.79 Å². The number of thioether (sulfide) groups is 1. The fourth-order valence-corrected chi connectivity index (χ4v) is 4.83. The van der Waals surface area contributed by atoms with Crippen LogP contribution in [0.25, 0.3) is 0 Å². The SMILES string of the molecule is CC1(C)[C@H](C(=O)Nc2nnc(SCc3ccccc3)s2)[C@@H]1C=C(Cl)Cl. The van der Waals surface area contributed by atoms with Gasteiger partial charge in [-0.2, -0.15) is 0 Å². The molecule has 1 N–H and O–H groups in total. The number of benzene rings is 1. The number of halogens is 2. The van der Waals surface area contributed by atoms with Crippen LogP contribution in [0.15, 0.2) is 45.2 Å². The van der Waals surface area contributed by atoms with E-state index in [1.165, 1.54) is 16.9 Å². The number of hydrogen-bond donors (Lipinski definition) is 1. The molecule has 2 atom stereocenters. The third kappa shape index (κ3) is 4.56. The number of nitrogens with one attached hydrogen (secondary N) is 1. The average Bonchev–Trinajstić information content (AvgIpc) is 2.90. The molecule has 1 aliphatic carbocycles. The van der Waals surface area contributed by atoms with Crippen LogP contribution in [0.2, 0.25) is 0 Å². The highest BCUT2D eigenvalue weighted by molar-refractivity contribution is 8.00. The van der Waals surface area contributed by atoms with Gasteiger partial charge in [0.2, 0.25) is 11.0 Å². The number of amides is 1. The largest absolute Gasteiger partial charge is 0.300 e. The van der Waals surface area contributed by atoms with Crippen molar-refractivity contribution in [1.82, 2.24) is 10.2 Å². The number of aromatic nitrogens is 2. The summed E-state index contributed by atoms with van der Waals surface area (Å²) >= 11 is 14.4. The van der Waals surface area contributed by atoms with Crippen molar-refractivity contribution >= 4 is 57.3 Å². The van der Waals surface area contributed by atoms with Crippen LogP contribution in [0.1, 0.15) is 19.4 Å². The molecule has 1 saturated carbocycles. The Kier molecular flexibility index (Phi) is 5.73. The fraction of sp³-hybridized carbons (Fsp3) is 0.353. The first-order valence-corrected chi connectivity index (χ1v) is 10.3. The van der Waals surface area contributed by atoms with Gasteiger partial charge in [0, 0.05) is 5.75 Å². The van der Waals surface area contributed by atoms with Crippen LogP contribution in [-0.2, 0) is 10.5 Å². The van der Waals surface area contributed by atoms with Gasteiger partial charge in [-0.15, -0.1) is 10.2 Å². The second-order valence-electron chi connectivity index (χ2n) is 6.42. The first-order chi connectivity index (χ1) is 11.9. The topological polar surface area (TPSA) is 54.9 Å². The Labute approximate surface area is 165 Å². The highest BCUT2D eigenvalue weighted by Gasteiger charge is 2.60. The molecule has 0 saturated heterocycles. The van der Waals surface area contributed by atoms with E-state index >= 15 is 0 Å². The zero-order valence-corrected chi connectivity index (χ0v) is 16.8. The van der Waals surface area contributed by atoms with Crippen molar-refractivity contribution in [3.8, 4) is 0 Å². The van der Waals surface area contributed by atoms with Crippen molar-refractivity contribution in [2.24, 2.45) is 17.3 Å². The normalized spacial score (nSPS) is 20.8. The summed E-state index contributed by atoms with van der Waals surface area (Å²) in [5, 5.41) is 11.6. The molecule has 4 nitrogen and oxygen atoms in total. The monoisotopic (exact) mass is 413 g/mol. The molecular formula is C17H17Cl2N3OS2. The summed E-state index contributed by atoms with van der Waals surface area (Å²) in [5.74, 6) is 0.624. The Morgan fingerprint density at radius 1 is 1.32 bits per heavy atom. The van der Waals surface area contributed by atoms with Crippen LogP contribution in [0.3, 0.4) is 0 Å². The Morgan fingerprint density at radius 3 is 2.72 bits per heavy atom. The van der Waals surface area contributed by atoms with Crippen LogP contribution >= 0.6 is 46.3 Å². The zero-order chi connectivity index (χ0) is 18.0. The number of anilines is 1. The van der Waals surface area contributed by atoms with E-state index in [2.05, 4.69) is 27.6 Å². The fourth-order valence-electron chi connectivity index (χ4n) is 2.85. The van der Waals surface area contributed by atoms with Crippen molar-refractivity contribution < 1.29 is 4.79 Å². The summed E-state index contributed by atoms with van der Waals surface area (Å²) < 4.78 is 1.03. The van der Waals surface area contributed by atoms with Gasteiger partial charge < -0.3 is 5.32 Å². The second-order valence-corrected chi connectivity index (χ2v) is 9.63. The van der Waals surface area contributed by atoms with Gasteiger partial charge in [-0.25, -0.2) is 0 Å². The minimum Gasteiger partial charge on any atom is -0.300 e. The van der Waals surface area contributed by atoms with Gasteiger partial charge in [-0.05, 0) is 23.0 Å². The lowest BCUT2D eigenvalue weighted by Gasteiger charge is -2.01. The quantitative estimate of drug-likeness (QED) is 0.511. The van der Waals surface area contributed by atoms with Gasteiger partial charge in [0.1, 0.15) is 4.49 Å². The molecule has 8 heteroatoms. The van der Waals surface area contributed by atoms with E-state index in [1.54, 1.807) is 17.8 Å². The summed E-state index contributed by atoms with van der Waals surface area (Å²) in [4.78, 5) is 12.5. The summed E-state index contributed by atoms with van der Waals surface area (Å²) in [5.41, 5.74) is 1.06. The van der Waals surface area contributed by atoms with Crippen LogP contribution in [0.5, 0.6) is 0 Å². The van der Waals surface area contributed by atoms with Crippen LogP contribution in [0.4, 0.5) is 5.13 Å². The molecule has 1 aliphatic rings. The van der Waals surface area contributed by atoms with Gasteiger partial charge in [0.15, 0.2) is 4.34 Å². The number of rotatable bonds is 6. The molecule has 0 aliphatic heterocycles. The lowest BCUT2D eigenvalue weighted by atomic mass is 10.1. The molecule has 1 aromatic heterocycles. The average molecular weight is 414 g/mol. The number of hydrogen-bond acceptors (Lipinski definition) is 5. The smallest absolute Gasteiger partial charge is 0.230 e. The van der Waals surface area contributed by atoms with E-state index in [0.29, 0.717) is 5.13 Å². The van der Waals surface area contributed by atoms with E-state index in [4.69, 9.17) is 23.2 Å². The second kappa shape index (κ2) is 7.66. The molecule has 1 heterocycles. The van der Waals surface area contributed by atoms with Gasteiger partial charge >= 0.3 is 0 Å². The molecule has 2 aromatic rings. The van der Waals surface area contributed by atoms with E-state index in [-0.39, 0.29) is 27.6 Å². The third-order valence-corrected chi connectivity index (χ3v) is 6.64. The molecule has 1 amide bonds. The highest BCUT2D eigenvalue weighted by Crippen LogP contribution is 2.60. The minimum atomic E-state index is -0.163. The maximum absolute atomic E-state index is 12.5. The maximum Gasteiger partial charge on any atom is 0.230 e. The van der Waals surface area contributed by atoms with Crippen molar-refractivity contribution in [3.63, 3.8) is 0 Å². The molecular weight excluding hydrogens is 397 g/mol. The predicted molar refractivity (Wildman–Crippen MR) is 105 cm³/mol. The molecule has 3 rings (SSSR count). The Balaban J connectivity index is 1.56. The maximum atomic E-state index is 12.5. The number of nitrogens with zero attached hydrogens (tertiary/aromatic N) is 2. The molecule has 25 heavy (non-hydrogen) atoms. The standard InChI is InChI=1S/C17H17Cl2N3OS2/c1-17(2)11(8-12(18)19)13(17)14(23)20-15-21-22-16(25-15)24-9-10-6-4-3-5-7-10/h3-8,11,13H,9H2,1-2H3,(H,20,21,23)/t11-,13-/m0/s1. The number of carbonyl (C=O) groups is 1. The van der Waals surface area contributed by atoms with E-state index in [0.717, 1.165) is 10.1 Å². The zero-order valence-electron chi connectivity index (χ0n) is 13.7. The van der Waals surface area contributed by atoms with Crippen molar-refractivity contribution in [3.05, 3.63) is 46.5 Å².